The Morgan fingerprint density at radius 3 is 2.30 bits per heavy atom. The molecule has 1 N–H and O–H groups in total. The van der Waals surface area contributed by atoms with E-state index in [0.717, 1.165) is 16.9 Å². The number of nitrogens with one attached hydrogen (secondary N) is 1. The zero-order valence-corrected chi connectivity index (χ0v) is 13.9. The average molecular weight is 309 g/mol. The number of carbonyl (C=O) groups is 1. The first-order valence-electron chi connectivity index (χ1n) is 7.77. The normalized spacial score (nSPS) is 11.0. The maximum atomic E-state index is 11.9. The van der Waals surface area contributed by atoms with E-state index in [0.29, 0.717) is 12.5 Å². The van der Waals surface area contributed by atoms with Crippen molar-refractivity contribution in [3.05, 3.63) is 71.3 Å². The molecule has 2 rings (SSSR count). The number of methoxy groups -OCH3 is 1. The number of carbonyl (C=O) groups excluding carboxylic acids is 1. The van der Waals surface area contributed by atoms with Gasteiger partial charge in [0.05, 0.1) is 7.11 Å². The average Bonchev–Trinajstić information content (AvgIpc) is 2.59. The summed E-state index contributed by atoms with van der Waals surface area (Å²) >= 11 is 0. The van der Waals surface area contributed by atoms with Crippen LogP contribution in [0.3, 0.4) is 0 Å². The number of hydrogen-bond donors (Lipinski definition) is 1. The molecule has 2 aromatic carbocycles. The quantitative estimate of drug-likeness (QED) is 0.814. The van der Waals surface area contributed by atoms with Crippen LogP contribution >= 0.6 is 0 Å². The van der Waals surface area contributed by atoms with E-state index in [1.807, 2.05) is 42.5 Å². The summed E-state index contributed by atoms with van der Waals surface area (Å²) in [6, 6.07) is 15.9. The van der Waals surface area contributed by atoms with Crippen LogP contribution in [0, 0.1) is 0 Å². The third-order valence-corrected chi connectivity index (χ3v) is 3.66. The fourth-order valence-corrected chi connectivity index (χ4v) is 2.16. The molecule has 0 aromatic heterocycles. The van der Waals surface area contributed by atoms with Crippen molar-refractivity contribution >= 4 is 12.0 Å². The Kier molecular flexibility index (Phi) is 5.98. The minimum atomic E-state index is -0.103. The molecule has 120 valence electrons. The Morgan fingerprint density at radius 2 is 1.74 bits per heavy atom. The topological polar surface area (TPSA) is 38.3 Å². The van der Waals surface area contributed by atoms with Crippen molar-refractivity contribution in [1.82, 2.24) is 5.32 Å². The maximum Gasteiger partial charge on any atom is 0.244 e. The Morgan fingerprint density at radius 1 is 1.09 bits per heavy atom. The van der Waals surface area contributed by atoms with Gasteiger partial charge in [0.25, 0.3) is 0 Å². The zero-order chi connectivity index (χ0) is 16.7. The molecule has 0 saturated heterocycles. The predicted molar refractivity (Wildman–Crippen MR) is 94.4 cm³/mol. The lowest BCUT2D eigenvalue weighted by molar-refractivity contribution is -0.116. The van der Waals surface area contributed by atoms with Crippen LogP contribution in [0.25, 0.3) is 6.08 Å². The molecule has 2 aromatic rings. The van der Waals surface area contributed by atoms with Crippen LogP contribution in [-0.2, 0) is 11.3 Å². The molecule has 0 bridgehead atoms. The van der Waals surface area contributed by atoms with Crippen molar-refractivity contribution < 1.29 is 9.53 Å². The summed E-state index contributed by atoms with van der Waals surface area (Å²) in [6.07, 6.45) is 3.39. The fourth-order valence-electron chi connectivity index (χ4n) is 2.16. The van der Waals surface area contributed by atoms with Gasteiger partial charge in [0.1, 0.15) is 5.75 Å². The van der Waals surface area contributed by atoms with Gasteiger partial charge in [-0.1, -0.05) is 50.2 Å². The van der Waals surface area contributed by atoms with Gasteiger partial charge in [-0.05, 0) is 40.8 Å². The van der Waals surface area contributed by atoms with Crippen LogP contribution in [0.15, 0.2) is 54.6 Å². The maximum absolute atomic E-state index is 11.9. The second-order valence-corrected chi connectivity index (χ2v) is 5.72. The molecule has 1 amide bonds. The van der Waals surface area contributed by atoms with Crippen LogP contribution in [-0.4, -0.2) is 13.0 Å². The first-order valence-corrected chi connectivity index (χ1v) is 7.77. The molecule has 0 fully saturated rings. The highest BCUT2D eigenvalue weighted by atomic mass is 16.5. The molecule has 0 heterocycles. The van der Waals surface area contributed by atoms with Gasteiger partial charge in [0, 0.05) is 12.6 Å². The summed E-state index contributed by atoms with van der Waals surface area (Å²) < 4.78 is 5.11. The van der Waals surface area contributed by atoms with Crippen LogP contribution in [0.2, 0.25) is 0 Å². The van der Waals surface area contributed by atoms with Gasteiger partial charge < -0.3 is 10.1 Å². The first kappa shape index (κ1) is 16.8. The van der Waals surface area contributed by atoms with Gasteiger partial charge in [-0.3, -0.25) is 4.79 Å². The number of ether oxygens (including phenoxy) is 1. The fraction of sp³-hybridized carbons (Fsp3) is 0.250. The molecule has 0 spiro atoms. The van der Waals surface area contributed by atoms with E-state index in [1.165, 1.54) is 5.56 Å². The van der Waals surface area contributed by atoms with Gasteiger partial charge in [-0.2, -0.15) is 0 Å². The van der Waals surface area contributed by atoms with E-state index >= 15 is 0 Å². The van der Waals surface area contributed by atoms with Crippen molar-refractivity contribution in [2.75, 3.05) is 7.11 Å². The molecule has 3 nitrogen and oxygen atoms in total. The van der Waals surface area contributed by atoms with Gasteiger partial charge in [-0.25, -0.2) is 0 Å². The Hall–Kier alpha value is -2.55. The van der Waals surface area contributed by atoms with Gasteiger partial charge in [0.2, 0.25) is 5.91 Å². The smallest absolute Gasteiger partial charge is 0.244 e. The van der Waals surface area contributed by atoms with Crippen LogP contribution in [0.5, 0.6) is 5.75 Å². The molecule has 0 aliphatic carbocycles. The van der Waals surface area contributed by atoms with Crippen molar-refractivity contribution in [3.63, 3.8) is 0 Å². The molecular weight excluding hydrogens is 286 g/mol. The minimum Gasteiger partial charge on any atom is -0.497 e. The van der Waals surface area contributed by atoms with Crippen molar-refractivity contribution in [2.24, 2.45) is 0 Å². The highest BCUT2D eigenvalue weighted by molar-refractivity contribution is 5.91. The SMILES string of the molecule is COc1ccc(CNC(=O)/C=C\c2ccc(C(C)C)cc2)cc1. The van der Waals surface area contributed by atoms with E-state index in [9.17, 15) is 4.79 Å². The lowest BCUT2D eigenvalue weighted by Crippen LogP contribution is -2.20. The molecule has 3 heteroatoms. The third kappa shape index (κ3) is 5.29. The highest BCUT2D eigenvalue weighted by Crippen LogP contribution is 2.15. The monoisotopic (exact) mass is 309 g/mol. The number of hydrogen-bond acceptors (Lipinski definition) is 2. The molecule has 0 unspecified atom stereocenters. The molecule has 0 atom stereocenters. The standard InChI is InChI=1S/C20H23NO2/c1-15(2)18-9-4-16(5-10-18)8-13-20(22)21-14-17-6-11-19(23-3)12-7-17/h4-13,15H,14H2,1-3H3,(H,21,22)/b13-8-. The van der Waals surface area contributed by atoms with Crippen molar-refractivity contribution in [2.45, 2.75) is 26.3 Å². The van der Waals surface area contributed by atoms with Gasteiger partial charge in [0.15, 0.2) is 0 Å². The summed E-state index contributed by atoms with van der Waals surface area (Å²) in [5.74, 6) is 1.22. The minimum absolute atomic E-state index is 0.103. The predicted octanol–water partition coefficient (Wildman–Crippen LogP) is 4.15. The summed E-state index contributed by atoms with van der Waals surface area (Å²) in [4.78, 5) is 11.9. The molecule has 0 radical (unpaired) electrons. The van der Waals surface area contributed by atoms with E-state index in [2.05, 4.69) is 31.3 Å². The number of rotatable bonds is 6. The summed E-state index contributed by atoms with van der Waals surface area (Å²) in [5.41, 5.74) is 3.36. The van der Waals surface area contributed by atoms with E-state index in [-0.39, 0.29) is 5.91 Å². The number of benzene rings is 2. The Labute approximate surface area is 138 Å². The van der Waals surface area contributed by atoms with Crippen molar-refractivity contribution in [1.29, 1.82) is 0 Å². The largest absolute Gasteiger partial charge is 0.497 e. The van der Waals surface area contributed by atoms with Crippen LogP contribution in [0.4, 0.5) is 0 Å². The Balaban J connectivity index is 1.85. The Bertz CT molecular complexity index is 655. The summed E-state index contributed by atoms with van der Waals surface area (Å²) in [5, 5.41) is 2.87. The lowest BCUT2D eigenvalue weighted by Gasteiger charge is -2.05. The van der Waals surface area contributed by atoms with Crippen LogP contribution < -0.4 is 10.1 Å². The molecule has 0 aliphatic heterocycles. The van der Waals surface area contributed by atoms with E-state index < -0.39 is 0 Å². The van der Waals surface area contributed by atoms with Crippen molar-refractivity contribution in [3.8, 4) is 5.75 Å². The van der Waals surface area contributed by atoms with Gasteiger partial charge >= 0.3 is 0 Å². The highest BCUT2D eigenvalue weighted by Gasteiger charge is 1.99. The van der Waals surface area contributed by atoms with E-state index in [4.69, 9.17) is 4.74 Å². The number of amides is 1. The lowest BCUT2D eigenvalue weighted by atomic mass is 10.0. The third-order valence-electron chi connectivity index (χ3n) is 3.66. The summed E-state index contributed by atoms with van der Waals surface area (Å²) in [6.45, 7) is 4.83. The van der Waals surface area contributed by atoms with Crippen LogP contribution in [0.1, 0.15) is 36.5 Å². The zero-order valence-electron chi connectivity index (χ0n) is 13.9. The second kappa shape index (κ2) is 8.18. The summed E-state index contributed by atoms with van der Waals surface area (Å²) in [7, 11) is 1.63. The molecule has 0 aliphatic rings. The van der Waals surface area contributed by atoms with E-state index in [1.54, 1.807) is 13.2 Å². The molecule has 23 heavy (non-hydrogen) atoms. The first-order chi connectivity index (χ1) is 11.1. The second-order valence-electron chi connectivity index (χ2n) is 5.72. The van der Waals surface area contributed by atoms with Gasteiger partial charge in [-0.15, -0.1) is 0 Å². The molecule has 0 saturated carbocycles. The molecular formula is C20H23NO2.